The van der Waals surface area contributed by atoms with E-state index in [-0.39, 0.29) is 11.9 Å². The molecule has 2 heterocycles. The normalized spacial score (nSPS) is 17.8. The number of nitrogens with one attached hydrogen (secondary N) is 1. The summed E-state index contributed by atoms with van der Waals surface area (Å²) >= 11 is 13.3. The molecule has 6 heteroatoms. The van der Waals surface area contributed by atoms with E-state index in [4.69, 9.17) is 27.9 Å². The standard InChI is InChI=1S/C12H8Cl2FNOS/c13-11-4-7(12(14)18-11)10-5-16-8-2-1-6(15)3-9(8)17-10/h1-4,10,16H,5H2. The zero-order valence-electron chi connectivity index (χ0n) is 9.04. The van der Waals surface area contributed by atoms with Crippen molar-refractivity contribution >= 4 is 40.2 Å². The number of benzene rings is 1. The molecule has 0 saturated carbocycles. The monoisotopic (exact) mass is 303 g/mol. The van der Waals surface area contributed by atoms with Gasteiger partial charge in [0.1, 0.15) is 22.0 Å². The second-order valence-electron chi connectivity index (χ2n) is 3.91. The van der Waals surface area contributed by atoms with Crippen LogP contribution in [0.1, 0.15) is 11.7 Å². The Morgan fingerprint density at radius 3 is 2.89 bits per heavy atom. The highest BCUT2D eigenvalue weighted by Crippen LogP contribution is 2.40. The average Bonchev–Trinajstić information content (AvgIpc) is 2.67. The smallest absolute Gasteiger partial charge is 0.146 e. The minimum absolute atomic E-state index is 0.254. The highest BCUT2D eigenvalue weighted by Gasteiger charge is 2.24. The van der Waals surface area contributed by atoms with Crippen molar-refractivity contribution in [3.8, 4) is 5.75 Å². The number of anilines is 1. The van der Waals surface area contributed by atoms with Crippen molar-refractivity contribution in [2.45, 2.75) is 6.10 Å². The first-order valence-electron chi connectivity index (χ1n) is 5.28. The summed E-state index contributed by atoms with van der Waals surface area (Å²) in [5.41, 5.74) is 1.61. The van der Waals surface area contributed by atoms with Gasteiger partial charge in [0.05, 0.1) is 16.6 Å². The van der Waals surface area contributed by atoms with Crippen LogP contribution in [0.3, 0.4) is 0 Å². The van der Waals surface area contributed by atoms with Crippen molar-refractivity contribution in [1.29, 1.82) is 0 Å². The van der Waals surface area contributed by atoms with Crippen LogP contribution in [0.15, 0.2) is 24.3 Å². The third-order valence-electron chi connectivity index (χ3n) is 2.72. The van der Waals surface area contributed by atoms with Crippen molar-refractivity contribution in [3.05, 3.63) is 44.3 Å². The van der Waals surface area contributed by atoms with E-state index < -0.39 is 0 Å². The molecule has 1 aliphatic heterocycles. The first kappa shape index (κ1) is 12.1. The largest absolute Gasteiger partial charge is 0.482 e. The van der Waals surface area contributed by atoms with Gasteiger partial charge in [-0.15, -0.1) is 11.3 Å². The SMILES string of the molecule is Fc1ccc2c(c1)OC(c1cc(Cl)sc1Cl)CN2. The van der Waals surface area contributed by atoms with E-state index in [1.165, 1.54) is 23.5 Å². The Kier molecular flexibility index (Phi) is 3.09. The van der Waals surface area contributed by atoms with Gasteiger partial charge in [-0.2, -0.15) is 0 Å². The lowest BCUT2D eigenvalue weighted by Crippen LogP contribution is -2.23. The predicted molar refractivity (Wildman–Crippen MR) is 72.6 cm³/mol. The maximum atomic E-state index is 13.2. The van der Waals surface area contributed by atoms with Crippen molar-refractivity contribution in [2.24, 2.45) is 0 Å². The fraction of sp³-hybridized carbons (Fsp3) is 0.167. The average molecular weight is 304 g/mol. The third-order valence-corrected chi connectivity index (χ3v) is 4.24. The zero-order chi connectivity index (χ0) is 12.7. The second-order valence-corrected chi connectivity index (χ2v) is 6.19. The van der Waals surface area contributed by atoms with Crippen LogP contribution >= 0.6 is 34.5 Å². The molecule has 0 spiro atoms. The summed E-state index contributed by atoms with van der Waals surface area (Å²) < 4.78 is 20.1. The Morgan fingerprint density at radius 1 is 1.33 bits per heavy atom. The number of rotatable bonds is 1. The van der Waals surface area contributed by atoms with Crippen LogP contribution < -0.4 is 10.1 Å². The van der Waals surface area contributed by atoms with Crippen LogP contribution in [0.2, 0.25) is 8.67 Å². The topological polar surface area (TPSA) is 21.3 Å². The molecule has 94 valence electrons. The summed E-state index contributed by atoms with van der Waals surface area (Å²) in [5, 5.41) is 3.19. The lowest BCUT2D eigenvalue weighted by molar-refractivity contribution is 0.210. The van der Waals surface area contributed by atoms with Crippen molar-refractivity contribution in [3.63, 3.8) is 0 Å². The Hall–Kier alpha value is -0.970. The summed E-state index contributed by atoms with van der Waals surface area (Å²) in [4.78, 5) is 0. The summed E-state index contributed by atoms with van der Waals surface area (Å²) in [6.07, 6.45) is -0.254. The van der Waals surface area contributed by atoms with Gasteiger partial charge in [-0.1, -0.05) is 23.2 Å². The maximum absolute atomic E-state index is 13.2. The summed E-state index contributed by atoms with van der Waals surface area (Å²) in [6, 6.07) is 6.19. The summed E-state index contributed by atoms with van der Waals surface area (Å²) in [5.74, 6) is 0.162. The van der Waals surface area contributed by atoms with Crippen molar-refractivity contribution < 1.29 is 9.13 Å². The molecule has 1 N–H and O–H groups in total. The van der Waals surface area contributed by atoms with Crippen LogP contribution in [0.5, 0.6) is 5.75 Å². The number of thiophene rings is 1. The van der Waals surface area contributed by atoms with E-state index in [0.717, 1.165) is 11.3 Å². The summed E-state index contributed by atoms with van der Waals surface area (Å²) in [7, 11) is 0. The Bertz CT molecular complexity index is 602. The molecule has 18 heavy (non-hydrogen) atoms. The molecule has 0 radical (unpaired) electrons. The molecule has 1 aromatic heterocycles. The molecule has 0 saturated heterocycles. The lowest BCUT2D eigenvalue weighted by Gasteiger charge is -2.27. The van der Waals surface area contributed by atoms with Gasteiger partial charge in [0.25, 0.3) is 0 Å². The molecule has 2 aromatic rings. The Labute approximate surface area is 117 Å². The van der Waals surface area contributed by atoms with Crippen molar-refractivity contribution in [2.75, 3.05) is 11.9 Å². The van der Waals surface area contributed by atoms with E-state index >= 15 is 0 Å². The van der Waals surface area contributed by atoms with Crippen LogP contribution in [0, 0.1) is 5.82 Å². The van der Waals surface area contributed by atoms with E-state index in [1.807, 2.05) is 0 Å². The van der Waals surface area contributed by atoms with E-state index in [2.05, 4.69) is 5.32 Å². The van der Waals surface area contributed by atoms with Crippen LogP contribution in [0.4, 0.5) is 10.1 Å². The van der Waals surface area contributed by atoms with E-state index in [9.17, 15) is 4.39 Å². The quantitative estimate of drug-likeness (QED) is 0.821. The molecule has 0 amide bonds. The van der Waals surface area contributed by atoms with Crippen LogP contribution in [0.25, 0.3) is 0 Å². The molecule has 1 unspecified atom stereocenters. The highest BCUT2D eigenvalue weighted by atomic mass is 35.5. The van der Waals surface area contributed by atoms with Crippen molar-refractivity contribution in [1.82, 2.24) is 0 Å². The summed E-state index contributed by atoms with van der Waals surface area (Å²) in [6.45, 7) is 0.575. The van der Waals surface area contributed by atoms with Gasteiger partial charge in [0, 0.05) is 11.6 Å². The molecular weight excluding hydrogens is 296 g/mol. The van der Waals surface area contributed by atoms with Gasteiger partial charge in [-0.3, -0.25) is 0 Å². The molecular formula is C12H8Cl2FNOS. The van der Waals surface area contributed by atoms with Gasteiger partial charge in [-0.05, 0) is 18.2 Å². The van der Waals surface area contributed by atoms with Crippen LogP contribution in [-0.2, 0) is 0 Å². The lowest BCUT2D eigenvalue weighted by atomic mass is 10.1. The Balaban J connectivity index is 1.92. The first-order chi connectivity index (χ1) is 8.63. The molecule has 1 aliphatic rings. The molecule has 0 fully saturated rings. The predicted octanol–water partition coefficient (Wildman–Crippen LogP) is 4.74. The van der Waals surface area contributed by atoms with Crippen LogP contribution in [-0.4, -0.2) is 6.54 Å². The van der Waals surface area contributed by atoms with Gasteiger partial charge in [-0.25, -0.2) is 4.39 Å². The maximum Gasteiger partial charge on any atom is 0.146 e. The number of halogens is 3. The van der Waals surface area contributed by atoms with E-state index in [0.29, 0.717) is 21.0 Å². The number of fused-ring (bicyclic) bond motifs is 1. The van der Waals surface area contributed by atoms with Gasteiger partial charge in [0.2, 0.25) is 0 Å². The molecule has 1 aromatic carbocycles. The molecule has 2 nitrogen and oxygen atoms in total. The second kappa shape index (κ2) is 4.61. The third kappa shape index (κ3) is 2.16. The zero-order valence-corrected chi connectivity index (χ0v) is 11.4. The minimum Gasteiger partial charge on any atom is -0.482 e. The molecule has 3 rings (SSSR count). The number of ether oxygens (including phenoxy) is 1. The molecule has 0 aliphatic carbocycles. The first-order valence-corrected chi connectivity index (χ1v) is 6.85. The fourth-order valence-corrected chi connectivity index (χ4v) is 3.44. The van der Waals surface area contributed by atoms with Gasteiger partial charge < -0.3 is 10.1 Å². The molecule has 1 atom stereocenters. The van der Waals surface area contributed by atoms with Gasteiger partial charge in [0.15, 0.2) is 0 Å². The highest BCUT2D eigenvalue weighted by molar-refractivity contribution is 7.20. The fourth-order valence-electron chi connectivity index (χ4n) is 1.88. The van der Waals surface area contributed by atoms with E-state index in [1.54, 1.807) is 12.1 Å². The molecule has 0 bridgehead atoms. The van der Waals surface area contributed by atoms with Gasteiger partial charge >= 0.3 is 0 Å². The Morgan fingerprint density at radius 2 is 2.17 bits per heavy atom. The number of hydrogen-bond acceptors (Lipinski definition) is 3. The number of hydrogen-bond donors (Lipinski definition) is 1. The minimum atomic E-state index is -0.328.